The number of amides is 2. The molecular weight excluding hydrogens is 530 g/mol. The lowest BCUT2D eigenvalue weighted by atomic mass is 10.1. The monoisotopic (exact) mass is 573 g/mol. The van der Waals surface area contributed by atoms with Gasteiger partial charge in [-0.15, -0.1) is 0 Å². The molecule has 1 saturated carbocycles. The molecular formula is C30H43N3O6S. The number of carbonyl (C=O) groups excluding carboxylic acids is 2. The van der Waals surface area contributed by atoms with Crippen LogP contribution in [0.5, 0.6) is 11.5 Å². The molecule has 3 rings (SSSR count). The molecule has 0 saturated heterocycles. The second kappa shape index (κ2) is 14.9. The Balaban J connectivity index is 1.78. The van der Waals surface area contributed by atoms with Crippen LogP contribution in [0.4, 0.5) is 5.69 Å². The zero-order chi connectivity index (χ0) is 29.1. The number of ether oxygens (including phenoxy) is 2. The zero-order valence-electron chi connectivity index (χ0n) is 24.1. The Kier molecular flexibility index (Phi) is 11.7. The summed E-state index contributed by atoms with van der Waals surface area (Å²) in [5.74, 6) is 0.841. The summed E-state index contributed by atoms with van der Waals surface area (Å²) >= 11 is 0. The number of methoxy groups -OCH3 is 1. The van der Waals surface area contributed by atoms with Gasteiger partial charge in [0.2, 0.25) is 21.8 Å². The molecule has 0 spiro atoms. The van der Waals surface area contributed by atoms with E-state index in [-0.39, 0.29) is 43.8 Å². The van der Waals surface area contributed by atoms with Crippen molar-refractivity contribution in [3.8, 4) is 11.5 Å². The van der Waals surface area contributed by atoms with Gasteiger partial charge in [-0.05, 0) is 62.4 Å². The fraction of sp³-hybridized carbons (Fsp3) is 0.533. The molecule has 220 valence electrons. The third-order valence-electron chi connectivity index (χ3n) is 7.19. The second-order valence-electron chi connectivity index (χ2n) is 10.1. The molecule has 0 aromatic heterocycles. The first-order valence-electron chi connectivity index (χ1n) is 14.1. The molecule has 0 unspecified atom stereocenters. The molecule has 1 atom stereocenters. The summed E-state index contributed by atoms with van der Waals surface area (Å²) in [6.45, 7) is 4.52. The fourth-order valence-corrected chi connectivity index (χ4v) is 6.11. The van der Waals surface area contributed by atoms with Crippen molar-refractivity contribution in [2.75, 3.05) is 30.8 Å². The van der Waals surface area contributed by atoms with Crippen LogP contribution in [0.2, 0.25) is 0 Å². The minimum Gasteiger partial charge on any atom is -0.497 e. The SMILES string of the molecule is CCOc1ccccc1N(CCCC(=O)N(Cc1ccc(OC)cc1)[C@H](CC)C(=O)NC1CCCC1)S(C)(=O)=O. The maximum Gasteiger partial charge on any atom is 0.243 e. The van der Waals surface area contributed by atoms with Crippen molar-refractivity contribution >= 4 is 27.5 Å². The number of para-hydroxylation sites is 2. The predicted molar refractivity (Wildman–Crippen MR) is 157 cm³/mol. The van der Waals surface area contributed by atoms with Gasteiger partial charge < -0.3 is 19.7 Å². The maximum atomic E-state index is 13.7. The molecule has 2 amide bonds. The first kappa shape index (κ1) is 31.3. The Morgan fingerprint density at radius 1 is 1.05 bits per heavy atom. The highest BCUT2D eigenvalue weighted by Crippen LogP contribution is 2.30. The zero-order valence-corrected chi connectivity index (χ0v) is 24.9. The number of hydrogen-bond acceptors (Lipinski definition) is 6. The molecule has 9 nitrogen and oxygen atoms in total. The average molecular weight is 574 g/mol. The number of anilines is 1. The first-order valence-corrected chi connectivity index (χ1v) is 15.9. The Bertz CT molecular complexity index is 1210. The van der Waals surface area contributed by atoms with E-state index in [2.05, 4.69) is 5.32 Å². The molecule has 1 aliphatic rings. The Labute approximate surface area is 238 Å². The van der Waals surface area contributed by atoms with Gasteiger partial charge in [-0.25, -0.2) is 8.42 Å². The number of rotatable bonds is 15. The molecule has 0 bridgehead atoms. The molecule has 2 aromatic carbocycles. The standard InChI is InChI=1S/C30H43N3O6S/c1-5-26(30(35)31-24-12-7-8-13-24)32(22-23-17-19-25(38-3)20-18-23)29(34)16-11-21-33(40(4,36)37)27-14-9-10-15-28(27)39-6-2/h9-10,14-15,17-20,24,26H,5-8,11-13,16,21-22H2,1-4H3,(H,31,35)/t26-/m1/s1. The fourth-order valence-electron chi connectivity index (χ4n) is 5.14. The van der Waals surface area contributed by atoms with Crippen molar-refractivity contribution < 1.29 is 27.5 Å². The highest BCUT2D eigenvalue weighted by Gasteiger charge is 2.31. The van der Waals surface area contributed by atoms with E-state index in [1.807, 2.05) is 38.1 Å². The Hall–Kier alpha value is -3.27. The number of sulfonamides is 1. The van der Waals surface area contributed by atoms with E-state index >= 15 is 0 Å². The normalized spacial score (nSPS) is 14.4. The lowest BCUT2D eigenvalue weighted by molar-refractivity contribution is -0.141. The van der Waals surface area contributed by atoms with Gasteiger partial charge in [0.1, 0.15) is 17.5 Å². The molecule has 40 heavy (non-hydrogen) atoms. The third kappa shape index (κ3) is 8.61. The van der Waals surface area contributed by atoms with Crippen molar-refractivity contribution in [2.24, 2.45) is 0 Å². The third-order valence-corrected chi connectivity index (χ3v) is 8.37. The van der Waals surface area contributed by atoms with Crippen LogP contribution in [0.15, 0.2) is 48.5 Å². The van der Waals surface area contributed by atoms with Crippen LogP contribution in [0.1, 0.15) is 64.4 Å². The lowest BCUT2D eigenvalue weighted by Gasteiger charge is -2.32. The van der Waals surface area contributed by atoms with Crippen LogP contribution in [-0.4, -0.2) is 63.7 Å². The minimum absolute atomic E-state index is 0.0895. The summed E-state index contributed by atoms with van der Waals surface area (Å²) in [6.07, 6.45) is 6.10. The van der Waals surface area contributed by atoms with Gasteiger partial charge in [0, 0.05) is 25.6 Å². The summed E-state index contributed by atoms with van der Waals surface area (Å²) < 4.78 is 37.6. The smallest absolute Gasteiger partial charge is 0.243 e. The Morgan fingerprint density at radius 2 is 1.73 bits per heavy atom. The quantitative estimate of drug-likeness (QED) is 0.336. The molecule has 1 fully saturated rings. The van der Waals surface area contributed by atoms with Crippen molar-refractivity contribution in [1.29, 1.82) is 0 Å². The largest absolute Gasteiger partial charge is 0.497 e. The van der Waals surface area contributed by atoms with Gasteiger partial charge >= 0.3 is 0 Å². The number of nitrogens with one attached hydrogen (secondary N) is 1. The van der Waals surface area contributed by atoms with Crippen LogP contribution in [0, 0.1) is 0 Å². The topological polar surface area (TPSA) is 105 Å². The van der Waals surface area contributed by atoms with Crippen LogP contribution in [0.25, 0.3) is 0 Å². The molecule has 10 heteroatoms. The van der Waals surface area contributed by atoms with Crippen molar-refractivity contribution in [3.05, 3.63) is 54.1 Å². The van der Waals surface area contributed by atoms with Gasteiger partial charge in [0.05, 0.1) is 25.7 Å². The van der Waals surface area contributed by atoms with Gasteiger partial charge in [-0.3, -0.25) is 13.9 Å². The van der Waals surface area contributed by atoms with E-state index in [0.717, 1.165) is 37.5 Å². The summed E-state index contributed by atoms with van der Waals surface area (Å²) in [6, 6.07) is 13.9. The predicted octanol–water partition coefficient (Wildman–Crippen LogP) is 4.51. The van der Waals surface area contributed by atoms with Crippen LogP contribution in [-0.2, 0) is 26.2 Å². The van der Waals surface area contributed by atoms with Crippen molar-refractivity contribution in [2.45, 2.75) is 77.4 Å². The van der Waals surface area contributed by atoms with E-state index in [0.29, 0.717) is 30.2 Å². The summed E-state index contributed by atoms with van der Waals surface area (Å²) in [7, 11) is -2.03. The average Bonchev–Trinajstić information content (AvgIpc) is 3.44. The number of benzene rings is 2. The van der Waals surface area contributed by atoms with E-state index in [1.165, 1.54) is 4.31 Å². The maximum absolute atomic E-state index is 13.7. The highest BCUT2D eigenvalue weighted by atomic mass is 32.2. The molecule has 1 aliphatic carbocycles. The number of hydrogen-bond donors (Lipinski definition) is 1. The van der Waals surface area contributed by atoms with E-state index in [1.54, 1.807) is 36.3 Å². The first-order chi connectivity index (χ1) is 19.2. The van der Waals surface area contributed by atoms with Crippen LogP contribution < -0.4 is 19.1 Å². The van der Waals surface area contributed by atoms with Gasteiger partial charge in [-0.1, -0.05) is 44.0 Å². The number of nitrogens with zero attached hydrogens (tertiary/aromatic N) is 2. The van der Waals surface area contributed by atoms with Crippen molar-refractivity contribution in [3.63, 3.8) is 0 Å². The van der Waals surface area contributed by atoms with E-state index in [9.17, 15) is 18.0 Å². The Morgan fingerprint density at radius 3 is 2.33 bits per heavy atom. The van der Waals surface area contributed by atoms with Gasteiger partial charge in [0.25, 0.3) is 0 Å². The molecule has 1 N–H and O–H groups in total. The lowest BCUT2D eigenvalue weighted by Crippen LogP contribution is -2.51. The van der Waals surface area contributed by atoms with Gasteiger partial charge in [0.15, 0.2) is 0 Å². The minimum atomic E-state index is -3.63. The van der Waals surface area contributed by atoms with Crippen LogP contribution >= 0.6 is 0 Å². The molecule has 2 aromatic rings. The van der Waals surface area contributed by atoms with E-state index < -0.39 is 16.1 Å². The second-order valence-corrected chi connectivity index (χ2v) is 12.0. The van der Waals surface area contributed by atoms with Crippen LogP contribution in [0.3, 0.4) is 0 Å². The molecule has 0 radical (unpaired) electrons. The molecule has 0 heterocycles. The van der Waals surface area contributed by atoms with Gasteiger partial charge in [-0.2, -0.15) is 0 Å². The summed E-state index contributed by atoms with van der Waals surface area (Å²) in [4.78, 5) is 28.6. The molecule has 0 aliphatic heterocycles. The highest BCUT2D eigenvalue weighted by molar-refractivity contribution is 7.92. The van der Waals surface area contributed by atoms with E-state index in [4.69, 9.17) is 9.47 Å². The number of carbonyl (C=O) groups is 2. The van der Waals surface area contributed by atoms with Crippen molar-refractivity contribution in [1.82, 2.24) is 10.2 Å². The summed E-state index contributed by atoms with van der Waals surface area (Å²) in [5.41, 5.74) is 1.32. The summed E-state index contributed by atoms with van der Waals surface area (Å²) in [5, 5.41) is 3.15.